The minimum atomic E-state index is -0.609. The molecule has 0 aromatic carbocycles. The van der Waals surface area contributed by atoms with Gasteiger partial charge in [-0.3, -0.25) is 4.90 Å². The quantitative estimate of drug-likeness (QED) is 0.741. The van der Waals surface area contributed by atoms with Crippen LogP contribution < -0.4 is 0 Å². The van der Waals surface area contributed by atoms with E-state index in [9.17, 15) is 9.50 Å². The molecule has 0 spiro atoms. The van der Waals surface area contributed by atoms with E-state index in [-0.39, 0.29) is 0 Å². The number of aliphatic hydroxyl groups is 1. The van der Waals surface area contributed by atoms with Crippen LogP contribution in [0.4, 0.5) is 4.39 Å². The second kappa shape index (κ2) is 3.95. The van der Waals surface area contributed by atoms with Crippen molar-refractivity contribution in [3.05, 3.63) is 0 Å². The van der Waals surface area contributed by atoms with E-state index in [0.717, 1.165) is 32.4 Å². The van der Waals surface area contributed by atoms with Crippen LogP contribution in [-0.2, 0) is 0 Å². The van der Waals surface area contributed by atoms with Gasteiger partial charge in [0, 0.05) is 12.6 Å². The maximum atomic E-state index is 13.1. The molecule has 2 heterocycles. The summed E-state index contributed by atoms with van der Waals surface area (Å²) in [5, 5.41) is 10.8. The molecule has 3 heteroatoms. The molecule has 16 heavy (non-hydrogen) atoms. The Morgan fingerprint density at radius 3 is 2.50 bits per heavy atom. The second-order valence-corrected chi connectivity index (χ2v) is 5.92. The van der Waals surface area contributed by atoms with Crippen molar-refractivity contribution in [2.24, 2.45) is 5.92 Å². The molecular weight excluding hydrogens is 205 g/mol. The third-order valence-corrected chi connectivity index (χ3v) is 5.01. The molecule has 3 rings (SSSR count). The zero-order valence-corrected chi connectivity index (χ0v) is 9.87. The molecule has 1 aliphatic carbocycles. The average Bonchev–Trinajstić information content (AvgIpc) is 2.28. The highest BCUT2D eigenvalue weighted by Gasteiger charge is 2.56. The number of halogens is 1. The molecule has 0 radical (unpaired) electrons. The smallest absolute Gasteiger partial charge is 0.100 e. The van der Waals surface area contributed by atoms with Gasteiger partial charge in [-0.25, -0.2) is 4.39 Å². The molecule has 2 nitrogen and oxygen atoms in total. The minimum absolute atomic E-state index is 0.360. The van der Waals surface area contributed by atoms with Gasteiger partial charge in [0.15, 0.2) is 0 Å². The lowest BCUT2D eigenvalue weighted by atomic mass is 9.65. The van der Waals surface area contributed by atoms with Crippen LogP contribution >= 0.6 is 0 Å². The van der Waals surface area contributed by atoms with Gasteiger partial charge in [0.05, 0.1) is 5.60 Å². The van der Waals surface area contributed by atoms with Gasteiger partial charge in [0.2, 0.25) is 0 Å². The molecule has 0 aromatic heterocycles. The topological polar surface area (TPSA) is 23.5 Å². The Labute approximate surface area is 96.8 Å². The van der Waals surface area contributed by atoms with Crippen LogP contribution in [0.15, 0.2) is 0 Å². The summed E-state index contributed by atoms with van der Waals surface area (Å²) in [6.07, 6.45) is 6.18. The van der Waals surface area contributed by atoms with E-state index in [2.05, 4.69) is 4.90 Å². The van der Waals surface area contributed by atoms with Crippen molar-refractivity contribution in [3.8, 4) is 0 Å². The van der Waals surface area contributed by atoms with Gasteiger partial charge in [-0.1, -0.05) is 6.42 Å². The van der Waals surface area contributed by atoms with Crippen molar-refractivity contribution in [2.75, 3.05) is 13.1 Å². The Kier molecular flexibility index (Phi) is 2.71. The van der Waals surface area contributed by atoms with Gasteiger partial charge in [0.25, 0.3) is 0 Å². The molecule has 2 aliphatic heterocycles. The van der Waals surface area contributed by atoms with Gasteiger partial charge in [-0.05, 0) is 51.0 Å². The monoisotopic (exact) mass is 227 g/mol. The summed E-state index contributed by atoms with van der Waals surface area (Å²) in [4.78, 5) is 2.42. The third-order valence-electron chi connectivity index (χ3n) is 5.01. The van der Waals surface area contributed by atoms with Crippen molar-refractivity contribution < 1.29 is 9.50 Å². The van der Waals surface area contributed by atoms with E-state index < -0.39 is 11.8 Å². The maximum absolute atomic E-state index is 13.1. The molecular formula is C13H22FNO. The summed E-state index contributed by atoms with van der Waals surface area (Å²) in [7, 11) is 0. The van der Waals surface area contributed by atoms with Crippen LogP contribution in [0.25, 0.3) is 0 Å². The van der Waals surface area contributed by atoms with Crippen molar-refractivity contribution >= 4 is 0 Å². The lowest BCUT2D eigenvalue weighted by Gasteiger charge is -2.60. The Hall–Kier alpha value is -0.150. The van der Waals surface area contributed by atoms with Crippen LogP contribution in [0.2, 0.25) is 0 Å². The van der Waals surface area contributed by atoms with Gasteiger partial charge in [0.1, 0.15) is 6.17 Å². The summed E-state index contributed by atoms with van der Waals surface area (Å²) in [5.74, 6) is 0.360. The summed E-state index contributed by atoms with van der Waals surface area (Å²) in [6, 6.07) is 0.391. The number of rotatable bonds is 1. The highest BCUT2D eigenvalue weighted by Crippen LogP contribution is 2.46. The first kappa shape index (κ1) is 11.0. The van der Waals surface area contributed by atoms with Crippen LogP contribution in [0.3, 0.4) is 0 Å². The fourth-order valence-electron chi connectivity index (χ4n) is 4.02. The Bertz CT molecular complexity index is 265. The van der Waals surface area contributed by atoms with Gasteiger partial charge in [-0.2, -0.15) is 0 Å². The van der Waals surface area contributed by atoms with E-state index >= 15 is 0 Å². The predicted octanol–water partition coefficient (Wildman–Crippen LogP) is 2.11. The number of piperidine rings is 1. The lowest BCUT2D eigenvalue weighted by molar-refractivity contribution is -0.202. The zero-order valence-electron chi connectivity index (χ0n) is 9.87. The van der Waals surface area contributed by atoms with Crippen LogP contribution in [0, 0.1) is 5.92 Å². The second-order valence-electron chi connectivity index (χ2n) is 5.92. The lowest BCUT2D eigenvalue weighted by Crippen LogP contribution is -2.73. The summed E-state index contributed by atoms with van der Waals surface area (Å²) >= 11 is 0. The molecule has 1 unspecified atom stereocenters. The highest BCUT2D eigenvalue weighted by molar-refractivity contribution is 5.10. The van der Waals surface area contributed by atoms with Crippen LogP contribution in [0.1, 0.15) is 44.9 Å². The van der Waals surface area contributed by atoms with E-state index in [1.165, 1.54) is 12.8 Å². The van der Waals surface area contributed by atoms with E-state index in [0.29, 0.717) is 24.8 Å². The van der Waals surface area contributed by atoms with Crippen LogP contribution in [-0.4, -0.2) is 40.9 Å². The summed E-state index contributed by atoms with van der Waals surface area (Å²) in [6.45, 7) is 2.00. The molecule has 1 saturated carbocycles. The molecule has 0 aromatic rings. The largest absolute Gasteiger partial charge is 0.387 e. The molecule has 92 valence electrons. The number of nitrogens with zero attached hydrogens (tertiary/aromatic N) is 1. The van der Waals surface area contributed by atoms with Crippen molar-refractivity contribution in [1.29, 1.82) is 0 Å². The van der Waals surface area contributed by atoms with Gasteiger partial charge >= 0.3 is 0 Å². The van der Waals surface area contributed by atoms with Crippen molar-refractivity contribution in [3.63, 3.8) is 0 Å². The van der Waals surface area contributed by atoms with Crippen molar-refractivity contribution in [1.82, 2.24) is 4.90 Å². The summed E-state index contributed by atoms with van der Waals surface area (Å²) < 4.78 is 13.1. The Morgan fingerprint density at radius 1 is 1.06 bits per heavy atom. The number of alkyl halides is 1. The average molecular weight is 227 g/mol. The number of fused-ring (bicyclic) bond motifs is 1. The standard InChI is InChI=1S/C13H22FNO/c14-11-6-4-10(5-7-11)13(16)9-15-8-2-1-3-12(13)15/h10-12,16H,1-9H2/t10?,11?,12?,13-/m0/s1. The molecule has 1 N–H and O–H groups in total. The maximum Gasteiger partial charge on any atom is 0.100 e. The fraction of sp³-hybridized carbons (Fsp3) is 1.00. The van der Waals surface area contributed by atoms with Gasteiger partial charge < -0.3 is 5.11 Å². The third kappa shape index (κ3) is 1.60. The highest BCUT2D eigenvalue weighted by atomic mass is 19.1. The fourth-order valence-corrected chi connectivity index (χ4v) is 4.02. The first-order valence-corrected chi connectivity index (χ1v) is 6.80. The number of hydrogen-bond acceptors (Lipinski definition) is 2. The first-order chi connectivity index (χ1) is 7.70. The molecule has 3 aliphatic rings. The number of hydrogen-bond donors (Lipinski definition) is 1. The van der Waals surface area contributed by atoms with Gasteiger partial charge in [-0.15, -0.1) is 0 Å². The molecule has 0 amide bonds. The normalized spacial score (nSPS) is 49.5. The van der Waals surface area contributed by atoms with E-state index in [1.54, 1.807) is 0 Å². The van der Waals surface area contributed by atoms with E-state index in [1.807, 2.05) is 0 Å². The first-order valence-electron chi connectivity index (χ1n) is 6.80. The Morgan fingerprint density at radius 2 is 1.81 bits per heavy atom. The summed E-state index contributed by atoms with van der Waals surface area (Å²) in [5.41, 5.74) is -0.472. The predicted molar refractivity (Wildman–Crippen MR) is 61.0 cm³/mol. The molecule has 0 bridgehead atoms. The SMILES string of the molecule is O[C@]1(C2CCC(F)CC2)CN2CCCCC21. The molecule has 2 saturated heterocycles. The molecule has 2 atom stereocenters. The zero-order chi connectivity index (χ0) is 11.2. The van der Waals surface area contributed by atoms with E-state index in [4.69, 9.17) is 0 Å². The van der Waals surface area contributed by atoms with Crippen LogP contribution in [0.5, 0.6) is 0 Å². The van der Waals surface area contributed by atoms with Crippen molar-refractivity contribution in [2.45, 2.75) is 62.8 Å². The molecule has 3 fully saturated rings. The Balaban J connectivity index is 1.65. The minimum Gasteiger partial charge on any atom is -0.387 e.